The molecule has 1 heterocycles. The van der Waals surface area contributed by atoms with Crippen molar-refractivity contribution >= 4 is 5.97 Å². The van der Waals surface area contributed by atoms with Crippen molar-refractivity contribution in [2.24, 2.45) is 5.92 Å². The van der Waals surface area contributed by atoms with Gasteiger partial charge in [0.15, 0.2) is 0 Å². The van der Waals surface area contributed by atoms with Gasteiger partial charge in [0.2, 0.25) is 0 Å². The van der Waals surface area contributed by atoms with Gasteiger partial charge in [0.05, 0.1) is 12.5 Å². The summed E-state index contributed by atoms with van der Waals surface area (Å²) in [6.07, 6.45) is 14.5. The Balaban J connectivity index is 2.37. The molecule has 1 atom stereocenters. The third kappa shape index (κ3) is 7.03. The standard InChI is InChI=1S/C16H30O2/c1-2-3-12-15-13-10-8-6-4-5-7-9-11-14-18-16(15)17/h15H,2-14H2,1H3. The van der Waals surface area contributed by atoms with E-state index in [1.807, 2.05) is 0 Å². The molecule has 18 heavy (non-hydrogen) atoms. The molecule has 1 aliphatic rings. The third-order valence-electron chi connectivity index (χ3n) is 3.93. The van der Waals surface area contributed by atoms with E-state index in [-0.39, 0.29) is 11.9 Å². The molecule has 2 heteroatoms. The van der Waals surface area contributed by atoms with Crippen LogP contribution in [0.25, 0.3) is 0 Å². The van der Waals surface area contributed by atoms with E-state index in [4.69, 9.17) is 4.74 Å². The molecule has 1 saturated heterocycles. The van der Waals surface area contributed by atoms with Crippen LogP contribution < -0.4 is 0 Å². The smallest absolute Gasteiger partial charge is 0.308 e. The Hall–Kier alpha value is -0.530. The van der Waals surface area contributed by atoms with Gasteiger partial charge < -0.3 is 4.74 Å². The lowest BCUT2D eigenvalue weighted by atomic mass is 9.95. The van der Waals surface area contributed by atoms with Crippen LogP contribution in [0.15, 0.2) is 0 Å². The van der Waals surface area contributed by atoms with E-state index in [1.165, 1.54) is 51.4 Å². The van der Waals surface area contributed by atoms with E-state index in [2.05, 4.69) is 6.92 Å². The van der Waals surface area contributed by atoms with Crippen LogP contribution in [0.3, 0.4) is 0 Å². The second kappa shape index (κ2) is 10.4. The molecule has 0 aliphatic carbocycles. The van der Waals surface area contributed by atoms with E-state index in [0.717, 1.165) is 25.7 Å². The zero-order chi connectivity index (χ0) is 13.1. The van der Waals surface area contributed by atoms with Crippen molar-refractivity contribution in [3.63, 3.8) is 0 Å². The van der Waals surface area contributed by atoms with Crippen LogP contribution >= 0.6 is 0 Å². The average molecular weight is 254 g/mol. The molecular formula is C16H30O2. The Kier molecular flexibility index (Phi) is 8.97. The molecule has 0 amide bonds. The lowest BCUT2D eigenvalue weighted by Crippen LogP contribution is -2.18. The van der Waals surface area contributed by atoms with Crippen LogP contribution in [0.2, 0.25) is 0 Å². The first-order chi connectivity index (χ1) is 8.84. The number of ether oxygens (including phenoxy) is 1. The van der Waals surface area contributed by atoms with E-state index in [9.17, 15) is 4.79 Å². The predicted octanol–water partition coefficient (Wildman–Crippen LogP) is 4.86. The Morgan fingerprint density at radius 2 is 1.61 bits per heavy atom. The average Bonchev–Trinajstić information content (AvgIpc) is 2.40. The summed E-state index contributed by atoms with van der Waals surface area (Å²) in [6.45, 7) is 2.83. The number of hydrogen-bond donors (Lipinski definition) is 0. The number of hydrogen-bond acceptors (Lipinski definition) is 2. The lowest BCUT2D eigenvalue weighted by molar-refractivity contribution is -0.149. The minimum Gasteiger partial charge on any atom is -0.465 e. The Morgan fingerprint density at radius 3 is 2.28 bits per heavy atom. The maximum absolute atomic E-state index is 12.0. The summed E-state index contributed by atoms with van der Waals surface area (Å²) in [4.78, 5) is 12.0. The van der Waals surface area contributed by atoms with Crippen LogP contribution in [0.4, 0.5) is 0 Å². The summed E-state index contributed by atoms with van der Waals surface area (Å²) >= 11 is 0. The van der Waals surface area contributed by atoms with E-state index < -0.39 is 0 Å². The fourth-order valence-corrected chi connectivity index (χ4v) is 2.67. The number of esters is 1. The highest BCUT2D eigenvalue weighted by atomic mass is 16.5. The van der Waals surface area contributed by atoms with E-state index in [1.54, 1.807) is 0 Å². The highest BCUT2D eigenvalue weighted by molar-refractivity contribution is 5.72. The first-order valence-corrected chi connectivity index (χ1v) is 8.01. The maximum Gasteiger partial charge on any atom is 0.308 e. The van der Waals surface area contributed by atoms with Crippen molar-refractivity contribution in [3.8, 4) is 0 Å². The molecule has 1 rings (SSSR count). The highest BCUT2D eigenvalue weighted by Gasteiger charge is 2.19. The van der Waals surface area contributed by atoms with Gasteiger partial charge in [-0.2, -0.15) is 0 Å². The van der Waals surface area contributed by atoms with Gasteiger partial charge in [0.1, 0.15) is 0 Å². The molecule has 1 fully saturated rings. The van der Waals surface area contributed by atoms with Crippen molar-refractivity contribution in [2.75, 3.05) is 6.61 Å². The summed E-state index contributed by atoms with van der Waals surface area (Å²) in [5, 5.41) is 0. The van der Waals surface area contributed by atoms with E-state index in [0.29, 0.717) is 6.61 Å². The van der Waals surface area contributed by atoms with Gasteiger partial charge in [0.25, 0.3) is 0 Å². The van der Waals surface area contributed by atoms with Crippen molar-refractivity contribution < 1.29 is 9.53 Å². The van der Waals surface area contributed by atoms with Crippen molar-refractivity contribution in [2.45, 2.75) is 84.0 Å². The number of cyclic esters (lactones) is 1. The molecule has 2 nitrogen and oxygen atoms in total. The number of rotatable bonds is 3. The third-order valence-corrected chi connectivity index (χ3v) is 3.93. The van der Waals surface area contributed by atoms with Gasteiger partial charge in [-0.15, -0.1) is 0 Å². The Labute approximate surface area is 112 Å². The summed E-state index contributed by atoms with van der Waals surface area (Å²) in [5.74, 6) is 0.244. The molecule has 0 radical (unpaired) electrons. The zero-order valence-electron chi connectivity index (χ0n) is 12.1. The normalized spacial score (nSPS) is 24.5. The molecule has 0 aromatic heterocycles. The fourth-order valence-electron chi connectivity index (χ4n) is 2.67. The van der Waals surface area contributed by atoms with Crippen molar-refractivity contribution in [1.29, 1.82) is 0 Å². The Morgan fingerprint density at radius 1 is 1.00 bits per heavy atom. The predicted molar refractivity (Wildman–Crippen MR) is 75.5 cm³/mol. The topological polar surface area (TPSA) is 26.3 Å². The molecule has 0 bridgehead atoms. The molecule has 1 unspecified atom stereocenters. The second-order valence-electron chi connectivity index (χ2n) is 5.62. The number of carbonyl (C=O) groups excluding carboxylic acids is 1. The van der Waals surface area contributed by atoms with E-state index >= 15 is 0 Å². The van der Waals surface area contributed by atoms with Gasteiger partial charge in [0, 0.05) is 0 Å². The van der Waals surface area contributed by atoms with Crippen molar-refractivity contribution in [3.05, 3.63) is 0 Å². The summed E-state index contributed by atoms with van der Waals surface area (Å²) in [6, 6.07) is 0. The van der Waals surface area contributed by atoms with Gasteiger partial charge in [-0.05, 0) is 19.3 Å². The summed E-state index contributed by atoms with van der Waals surface area (Å²) < 4.78 is 5.43. The molecule has 0 spiro atoms. The molecular weight excluding hydrogens is 224 g/mol. The summed E-state index contributed by atoms with van der Waals surface area (Å²) in [5.41, 5.74) is 0. The van der Waals surface area contributed by atoms with Crippen LogP contribution in [-0.2, 0) is 9.53 Å². The molecule has 0 aromatic rings. The van der Waals surface area contributed by atoms with Gasteiger partial charge >= 0.3 is 5.97 Å². The Bertz CT molecular complexity index is 213. The number of carbonyl (C=O) groups is 1. The van der Waals surface area contributed by atoms with Gasteiger partial charge in [-0.1, -0.05) is 64.7 Å². The first kappa shape index (κ1) is 15.5. The van der Waals surface area contributed by atoms with Crippen LogP contribution in [0.1, 0.15) is 84.0 Å². The molecule has 0 saturated carbocycles. The minimum absolute atomic E-state index is 0.0719. The monoisotopic (exact) mass is 254 g/mol. The molecule has 1 aliphatic heterocycles. The molecule has 0 aromatic carbocycles. The van der Waals surface area contributed by atoms with Crippen LogP contribution in [-0.4, -0.2) is 12.6 Å². The maximum atomic E-state index is 12.0. The second-order valence-corrected chi connectivity index (χ2v) is 5.62. The van der Waals surface area contributed by atoms with Gasteiger partial charge in [-0.25, -0.2) is 0 Å². The van der Waals surface area contributed by atoms with Crippen molar-refractivity contribution in [1.82, 2.24) is 0 Å². The molecule has 106 valence electrons. The number of unbranched alkanes of at least 4 members (excludes halogenated alkanes) is 1. The van der Waals surface area contributed by atoms with Gasteiger partial charge in [-0.3, -0.25) is 4.79 Å². The molecule has 0 N–H and O–H groups in total. The first-order valence-electron chi connectivity index (χ1n) is 8.01. The highest BCUT2D eigenvalue weighted by Crippen LogP contribution is 2.20. The van der Waals surface area contributed by atoms with Crippen LogP contribution in [0, 0.1) is 5.92 Å². The minimum atomic E-state index is 0.0719. The fraction of sp³-hybridized carbons (Fsp3) is 0.938. The quantitative estimate of drug-likeness (QED) is 0.672. The van der Waals surface area contributed by atoms with Crippen LogP contribution in [0.5, 0.6) is 0 Å². The zero-order valence-corrected chi connectivity index (χ0v) is 12.1. The SMILES string of the molecule is CCCCC1CCCCCCCCCCOC1=O. The largest absolute Gasteiger partial charge is 0.465 e. The lowest BCUT2D eigenvalue weighted by Gasteiger charge is -2.15. The summed E-state index contributed by atoms with van der Waals surface area (Å²) in [7, 11) is 0.